The molecule has 3 atom stereocenters. The number of aliphatic hydroxyl groups is 1. The van der Waals surface area contributed by atoms with Gasteiger partial charge in [0.25, 0.3) is 0 Å². The van der Waals surface area contributed by atoms with Crippen molar-refractivity contribution in [2.45, 2.75) is 12.5 Å². The Hall–Kier alpha value is -2.93. The quantitative estimate of drug-likeness (QED) is 0.826. The van der Waals surface area contributed by atoms with Gasteiger partial charge in [0.1, 0.15) is 0 Å². The number of aliphatic hydroxyl groups excluding tert-OH is 1. The summed E-state index contributed by atoms with van der Waals surface area (Å²) in [6.45, 7) is 0.562. The average Bonchev–Trinajstić information content (AvgIpc) is 3.41. The van der Waals surface area contributed by atoms with Crippen LogP contribution in [0.15, 0.2) is 36.4 Å². The standard InChI is InChI=1S/C20H18O7/c21-19(12-2-4-16-18(7-12)27-10-25-16)14-8-23-20(22)13(14)5-11-1-3-15-17(6-11)26-9-24-15/h1-4,6-7,13-14,19,21H,5,8-10H2/t13-,14-,19+/m0/s1. The predicted octanol–water partition coefficient (Wildman–Crippen LogP) is 2.21. The second kappa shape index (κ2) is 6.35. The lowest BCUT2D eigenvalue weighted by atomic mass is 9.83. The van der Waals surface area contributed by atoms with Crippen molar-refractivity contribution >= 4 is 5.97 Å². The van der Waals surface area contributed by atoms with Gasteiger partial charge in [-0.15, -0.1) is 0 Å². The minimum atomic E-state index is -0.843. The van der Waals surface area contributed by atoms with Gasteiger partial charge in [-0.3, -0.25) is 4.79 Å². The number of rotatable bonds is 4. The molecule has 3 aliphatic rings. The van der Waals surface area contributed by atoms with E-state index in [4.69, 9.17) is 23.7 Å². The highest BCUT2D eigenvalue weighted by molar-refractivity contribution is 5.75. The van der Waals surface area contributed by atoms with Crippen LogP contribution < -0.4 is 18.9 Å². The Morgan fingerprint density at radius 1 is 0.889 bits per heavy atom. The lowest BCUT2D eigenvalue weighted by Gasteiger charge is -2.22. The third kappa shape index (κ3) is 2.84. The molecule has 27 heavy (non-hydrogen) atoms. The van der Waals surface area contributed by atoms with Crippen molar-refractivity contribution in [3.8, 4) is 23.0 Å². The fourth-order valence-electron chi connectivity index (χ4n) is 3.79. The van der Waals surface area contributed by atoms with Crippen LogP contribution in [0.3, 0.4) is 0 Å². The van der Waals surface area contributed by atoms with Crippen LogP contribution in [0.4, 0.5) is 0 Å². The number of carbonyl (C=O) groups excluding carboxylic acids is 1. The van der Waals surface area contributed by atoms with Gasteiger partial charge in [-0.2, -0.15) is 0 Å². The van der Waals surface area contributed by atoms with Gasteiger partial charge in [0, 0.05) is 5.92 Å². The third-order valence-corrected chi connectivity index (χ3v) is 5.27. The number of hydrogen-bond acceptors (Lipinski definition) is 7. The molecule has 0 bridgehead atoms. The SMILES string of the molecule is O=C1OC[C@H]([C@H](O)c2ccc3c(c2)OCO3)[C@@H]1Cc1ccc2c(c1)OCO2. The molecule has 0 aromatic heterocycles. The Bertz CT molecular complexity index is 894. The van der Waals surface area contributed by atoms with Crippen molar-refractivity contribution in [1.29, 1.82) is 0 Å². The molecule has 1 N–H and O–H groups in total. The highest BCUT2D eigenvalue weighted by Crippen LogP contribution is 2.41. The zero-order valence-electron chi connectivity index (χ0n) is 14.4. The van der Waals surface area contributed by atoms with Crippen LogP contribution in [0, 0.1) is 11.8 Å². The molecule has 140 valence electrons. The summed E-state index contributed by atoms with van der Waals surface area (Å²) in [6.07, 6.45) is -0.383. The van der Waals surface area contributed by atoms with Gasteiger partial charge < -0.3 is 28.8 Å². The van der Waals surface area contributed by atoms with E-state index in [1.54, 1.807) is 18.2 Å². The lowest BCUT2D eigenvalue weighted by molar-refractivity contribution is -0.141. The first-order valence-corrected chi connectivity index (χ1v) is 8.82. The summed E-state index contributed by atoms with van der Waals surface area (Å²) in [4.78, 5) is 12.3. The molecule has 0 unspecified atom stereocenters. The van der Waals surface area contributed by atoms with E-state index >= 15 is 0 Å². The van der Waals surface area contributed by atoms with Crippen molar-refractivity contribution < 1.29 is 33.6 Å². The maximum Gasteiger partial charge on any atom is 0.309 e. The molecule has 0 spiro atoms. The van der Waals surface area contributed by atoms with E-state index in [1.165, 1.54) is 0 Å². The van der Waals surface area contributed by atoms with E-state index in [9.17, 15) is 9.90 Å². The Balaban J connectivity index is 1.37. The number of esters is 1. The number of cyclic esters (lactones) is 1. The lowest BCUT2D eigenvalue weighted by Crippen LogP contribution is -2.24. The van der Waals surface area contributed by atoms with Crippen molar-refractivity contribution in [1.82, 2.24) is 0 Å². The van der Waals surface area contributed by atoms with Crippen LogP contribution in [0.5, 0.6) is 23.0 Å². The normalized spacial score (nSPS) is 23.4. The van der Waals surface area contributed by atoms with Crippen molar-refractivity contribution in [3.63, 3.8) is 0 Å². The Labute approximate surface area is 155 Å². The minimum Gasteiger partial charge on any atom is -0.465 e. The zero-order chi connectivity index (χ0) is 18.4. The largest absolute Gasteiger partial charge is 0.465 e. The molecule has 2 aromatic carbocycles. The first kappa shape index (κ1) is 16.3. The van der Waals surface area contributed by atoms with E-state index in [2.05, 4.69) is 0 Å². The number of ether oxygens (including phenoxy) is 5. The second-order valence-corrected chi connectivity index (χ2v) is 6.85. The molecule has 7 heteroatoms. The van der Waals surface area contributed by atoms with Crippen LogP contribution >= 0.6 is 0 Å². The van der Waals surface area contributed by atoms with Crippen molar-refractivity contribution in [3.05, 3.63) is 47.5 Å². The third-order valence-electron chi connectivity index (χ3n) is 5.27. The van der Waals surface area contributed by atoms with Crippen LogP contribution in [0.25, 0.3) is 0 Å². The summed E-state index contributed by atoms with van der Waals surface area (Å²) in [6, 6.07) is 10.9. The molecule has 1 saturated heterocycles. The highest BCUT2D eigenvalue weighted by Gasteiger charge is 2.42. The monoisotopic (exact) mass is 370 g/mol. The first-order chi connectivity index (χ1) is 13.2. The molecule has 0 aliphatic carbocycles. The van der Waals surface area contributed by atoms with E-state index in [0.29, 0.717) is 35.0 Å². The Morgan fingerprint density at radius 3 is 2.33 bits per heavy atom. The van der Waals surface area contributed by atoms with Crippen molar-refractivity contribution in [2.75, 3.05) is 20.2 Å². The summed E-state index contributed by atoms with van der Waals surface area (Å²) in [5.74, 6) is 1.55. The smallest absolute Gasteiger partial charge is 0.309 e. The molecule has 0 amide bonds. The number of carbonyl (C=O) groups is 1. The van der Waals surface area contributed by atoms with Crippen LogP contribution in [-0.2, 0) is 16.0 Å². The van der Waals surface area contributed by atoms with Gasteiger partial charge >= 0.3 is 5.97 Å². The Kier molecular flexibility index (Phi) is 3.82. The summed E-state index contributed by atoms with van der Waals surface area (Å²) in [5.41, 5.74) is 1.62. The summed E-state index contributed by atoms with van der Waals surface area (Å²) in [7, 11) is 0. The van der Waals surface area contributed by atoms with Crippen LogP contribution in [-0.4, -0.2) is 31.3 Å². The summed E-state index contributed by atoms with van der Waals surface area (Å²) >= 11 is 0. The van der Waals surface area contributed by atoms with Crippen LogP contribution in [0.1, 0.15) is 17.2 Å². The van der Waals surface area contributed by atoms with Gasteiger partial charge in [-0.1, -0.05) is 12.1 Å². The topological polar surface area (TPSA) is 83.5 Å². The van der Waals surface area contributed by atoms with Gasteiger partial charge in [0.2, 0.25) is 13.6 Å². The van der Waals surface area contributed by atoms with Gasteiger partial charge in [0.15, 0.2) is 23.0 Å². The predicted molar refractivity (Wildman–Crippen MR) is 91.7 cm³/mol. The molecular formula is C20H18O7. The Morgan fingerprint density at radius 2 is 1.56 bits per heavy atom. The summed E-state index contributed by atoms with van der Waals surface area (Å²) in [5, 5.41) is 10.9. The minimum absolute atomic E-state index is 0.173. The van der Waals surface area contributed by atoms with Crippen molar-refractivity contribution in [2.24, 2.45) is 11.8 Å². The fraction of sp³-hybridized carbons (Fsp3) is 0.350. The van der Waals surface area contributed by atoms with Crippen LogP contribution in [0.2, 0.25) is 0 Å². The highest BCUT2D eigenvalue weighted by atomic mass is 16.7. The molecule has 0 saturated carbocycles. The number of fused-ring (bicyclic) bond motifs is 2. The van der Waals surface area contributed by atoms with Gasteiger partial charge in [-0.05, 0) is 41.8 Å². The molecule has 0 radical (unpaired) electrons. The second-order valence-electron chi connectivity index (χ2n) is 6.85. The molecule has 3 aliphatic heterocycles. The van der Waals surface area contributed by atoms with E-state index in [1.807, 2.05) is 18.2 Å². The maximum absolute atomic E-state index is 12.3. The first-order valence-electron chi connectivity index (χ1n) is 8.82. The van der Waals surface area contributed by atoms with E-state index in [-0.39, 0.29) is 32.1 Å². The molecule has 5 rings (SSSR count). The molecule has 7 nitrogen and oxygen atoms in total. The molecule has 1 fully saturated rings. The fourth-order valence-corrected chi connectivity index (χ4v) is 3.79. The van der Waals surface area contributed by atoms with E-state index in [0.717, 1.165) is 5.56 Å². The van der Waals surface area contributed by atoms with Gasteiger partial charge in [0.05, 0.1) is 18.6 Å². The molecular weight excluding hydrogens is 352 g/mol. The zero-order valence-corrected chi connectivity index (χ0v) is 14.4. The molecule has 3 heterocycles. The average molecular weight is 370 g/mol. The number of benzene rings is 2. The maximum atomic E-state index is 12.3. The summed E-state index contributed by atoms with van der Waals surface area (Å²) < 4.78 is 26.7. The molecule has 2 aromatic rings. The number of hydrogen-bond donors (Lipinski definition) is 1. The van der Waals surface area contributed by atoms with Gasteiger partial charge in [-0.25, -0.2) is 0 Å². The van der Waals surface area contributed by atoms with E-state index < -0.39 is 12.0 Å².